The van der Waals surface area contributed by atoms with Crippen LogP contribution in [0.25, 0.3) is 27.6 Å². The molecule has 4 nitrogen and oxygen atoms in total. The van der Waals surface area contributed by atoms with Crippen molar-refractivity contribution in [1.29, 1.82) is 0 Å². The number of allylic oxidation sites excluding steroid dienone is 1. The largest absolute Gasteiger partial charge is 0.310 e. The van der Waals surface area contributed by atoms with Crippen molar-refractivity contribution in [3.8, 4) is 0 Å². The van der Waals surface area contributed by atoms with Gasteiger partial charge in [-0.3, -0.25) is 5.01 Å². The van der Waals surface area contributed by atoms with Crippen LogP contribution in [0, 0.1) is 0 Å². The maximum absolute atomic E-state index is 5.22. The second kappa shape index (κ2) is 16.0. The second-order valence-corrected chi connectivity index (χ2v) is 14.8. The molecule has 0 aromatic heterocycles. The highest BCUT2D eigenvalue weighted by Gasteiger charge is 2.28. The quantitative estimate of drug-likeness (QED) is 0.139. The van der Waals surface area contributed by atoms with E-state index in [1.807, 2.05) is 0 Å². The average Bonchev–Trinajstić information content (AvgIpc) is 3.75. The zero-order valence-electron chi connectivity index (χ0n) is 32.6. The summed E-state index contributed by atoms with van der Waals surface area (Å²) in [4.78, 5) is 4.69. The third kappa shape index (κ3) is 7.24. The van der Waals surface area contributed by atoms with Gasteiger partial charge in [0.1, 0.15) is 0 Å². The van der Waals surface area contributed by atoms with Crippen molar-refractivity contribution in [2.45, 2.75) is 12.5 Å². The van der Waals surface area contributed by atoms with Crippen LogP contribution in [0.1, 0.15) is 23.6 Å². The van der Waals surface area contributed by atoms with Crippen LogP contribution in [-0.2, 0) is 0 Å². The number of rotatable bonds is 10. The number of benzene rings is 9. The first-order valence-corrected chi connectivity index (χ1v) is 20.2. The highest BCUT2D eigenvalue weighted by molar-refractivity contribution is 6.02. The van der Waals surface area contributed by atoms with E-state index in [2.05, 4.69) is 251 Å². The first-order chi connectivity index (χ1) is 29.3. The van der Waals surface area contributed by atoms with E-state index in [0.29, 0.717) is 0 Å². The maximum Gasteiger partial charge on any atom is 0.0831 e. The third-order valence-electron chi connectivity index (χ3n) is 11.2. The maximum atomic E-state index is 5.22. The Bertz CT molecular complexity index is 2890. The lowest BCUT2D eigenvalue weighted by Gasteiger charge is -2.28. The van der Waals surface area contributed by atoms with Crippen molar-refractivity contribution in [1.82, 2.24) is 0 Å². The Balaban J connectivity index is 0.939. The Morgan fingerprint density at radius 3 is 1.39 bits per heavy atom. The summed E-state index contributed by atoms with van der Waals surface area (Å²) in [6.45, 7) is 0. The molecule has 1 aliphatic rings. The van der Waals surface area contributed by atoms with Gasteiger partial charge in [-0.15, -0.1) is 0 Å². The fraction of sp³-hybridized carbons (Fsp3) is 0.0364. The Labute approximate surface area is 345 Å². The SMILES string of the molecule is C(=Cc1ccc(N(c2ccccc2)c2cccc3ccccc23)cc1)C1=NN(c2ccccc2)C(c2ccc(N(c3ccccc3)c3cccc4ccccc34)cc2)C1. The Hall–Kier alpha value is -7.69. The monoisotopic (exact) mass is 758 g/mol. The minimum atomic E-state index is 0.0522. The molecular formula is C55H42N4. The molecule has 4 heteroatoms. The minimum Gasteiger partial charge on any atom is -0.310 e. The van der Waals surface area contributed by atoms with E-state index in [4.69, 9.17) is 5.10 Å². The first-order valence-electron chi connectivity index (χ1n) is 20.2. The van der Waals surface area contributed by atoms with Gasteiger partial charge in [-0.1, -0.05) is 158 Å². The molecule has 59 heavy (non-hydrogen) atoms. The van der Waals surface area contributed by atoms with Crippen LogP contribution in [0.3, 0.4) is 0 Å². The summed E-state index contributed by atoms with van der Waals surface area (Å²) < 4.78 is 0. The number of hydrogen-bond donors (Lipinski definition) is 0. The van der Waals surface area contributed by atoms with E-state index in [1.54, 1.807) is 0 Å². The van der Waals surface area contributed by atoms with Crippen LogP contribution in [-0.4, -0.2) is 5.71 Å². The van der Waals surface area contributed by atoms with Crippen molar-refractivity contribution in [3.63, 3.8) is 0 Å². The predicted molar refractivity (Wildman–Crippen MR) is 250 cm³/mol. The van der Waals surface area contributed by atoms with Crippen LogP contribution in [0.4, 0.5) is 39.8 Å². The lowest BCUT2D eigenvalue weighted by molar-refractivity contribution is 0.709. The van der Waals surface area contributed by atoms with Crippen LogP contribution in [0.5, 0.6) is 0 Å². The zero-order chi connectivity index (χ0) is 39.4. The zero-order valence-corrected chi connectivity index (χ0v) is 32.6. The van der Waals surface area contributed by atoms with Crippen molar-refractivity contribution in [2.24, 2.45) is 5.10 Å². The molecule has 0 N–H and O–H groups in total. The van der Waals surface area contributed by atoms with E-state index in [0.717, 1.165) is 57.5 Å². The molecule has 1 aliphatic heterocycles. The molecule has 0 radical (unpaired) electrons. The minimum absolute atomic E-state index is 0.0522. The van der Waals surface area contributed by atoms with Gasteiger partial charge in [0, 0.05) is 39.9 Å². The van der Waals surface area contributed by atoms with Crippen LogP contribution >= 0.6 is 0 Å². The summed E-state index contributed by atoms with van der Waals surface area (Å²) in [5, 5.41) is 12.3. The third-order valence-corrected chi connectivity index (χ3v) is 11.2. The molecule has 0 saturated heterocycles. The normalized spacial score (nSPS) is 13.9. The molecule has 0 amide bonds. The molecule has 0 saturated carbocycles. The summed E-state index contributed by atoms with van der Waals surface area (Å²) in [5.41, 5.74) is 11.2. The van der Waals surface area contributed by atoms with Gasteiger partial charge >= 0.3 is 0 Å². The van der Waals surface area contributed by atoms with E-state index >= 15 is 0 Å². The van der Waals surface area contributed by atoms with E-state index < -0.39 is 0 Å². The molecular weight excluding hydrogens is 717 g/mol. The highest BCUT2D eigenvalue weighted by Crippen LogP contribution is 2.42. The number of hydrazone groups is 1. The summed E-state index contributed by atoms with van der Waals surface area (Å²) in [6.07, 6.45) is 5.15. The molecule has 1 unspecified atom stereocenters. The lowest BCUT2D eigenvalue weighted by Crippen LogP contribution is -2.18. The van der Waals surface area contributed by atoms with Gasteiger partial charge in [0.2, 0.25) is 0 Å². The summed E-state index contributed by atoms with van der Waals surface area (Å²) in [7, 11) is 0. The smallest absolute Gasteiger partial charge is 0.0831 e. The standard InChI is InChI=1S/C55H42N4/c1-4-20-46(21-5-1)57(53-28-14-18-42-16-10-12-26-51(42)53)48-36-31-41(32-37-48)30-35-45-40-55(59(56-45)50-24-8-3-9-25-50)44-33-38-49(39-34-44)58(47-22-6-2-7-23-47)54-29-15-19-43-17-11-13-27-52(43)54/h1-39,55H,40H2. The predicted octanol–water partition coefficient (Wildman–Crippen LogP) is 15.0. The summed E-state index contributed by atoms with van der Waals surface area (Å²) in [6, 6.07) is 79.9. The highest BCUT2D eigenvalue weighted by atomic mass is 15.5. The van der Waals surface area contributed by atoms with Gasteiger partial charge in [0.15, 0.2) is 0 Å². The van der Waals surface area contributed by atoms with E-state index in [9.17, 15) is 0 Å². The average molecular weight is 759 g/mol. The molecule has 0 bridgehead atoms. The summed E-state index contributed by atoms with van der Waals surface area (Å²) >= 11 is 0. The van der Waals surface area contributed by atoms with Crippen molar-refractivity contribution in [3.05, 3.63) is 242 Å². The van der Waals surface area contributed by atoms with Crippen molar-refractivity contribution >= 4 is 73.1 Å². The number of hydrogen-bond acceptors (Lipinski definition) is 4. The van der Waals surface area contributed by atoms with Gasteiger partial charge in [-0.25, -0.2) is 0 Å². The van der Waals surface area contributed by atoms with Crippen molar-refractivity contribution < 1.29 is 0 Å². The Morgan fingerprint density at radius 1 is 0.407 bits per heavy atom. The fourth-order valence-corrected chi connectivity index (χ4v) is 8.30. The molecule has 0 spiro atoms. The molecule has 0 fully saturated rings. The molecule has 9 aromatic carbocycles. The summed E-state index contributed by atoms with van der Waals surface area (Å²) in [5.74, 6) is 0. The van der Waals surface area contributed by atoms with Gasteiger partial charge in [0.25, 0.3) is 0 Å². The molecule has 9 aromatic rings. The molecule has 10 rings (SSSR count). The topological polar surface area (TPSA) is 22.1 Å². The van der Waals surface area contributed by atoms with Gasteiger partial charge in [0.05, 0.1) is 28.8 Å². The molecule has 1 atom stereocenters. The van der Waals surface area contributed by atoms with E-state index in [-0.39, 0.29) is 6.04 Å². The number of nitrogens with zero attached hydrogens (tertiary/aromatic N) is 4. The fourth-order valence-electron chi connectivity index (χ4n) is 8.30. The first kappa shape index (κ1) is 35.7. The van der Waals surface area contributed by atoms with Crippen LogP contribution in [0.2, 0.25) is 0 Å². The number of anilines is 7. The molecule has 1 heterocycles. The van der Waals surface area contributed by atoms with Gasteiger partial charge in [-0.2, -0.15) is 5.10 Å². The number of fused-ring (bicyclic) bond motifs is 2. The Kier molecular flexibility index (Phi) is 9.71. The second-order valence-electron chi connectivity index (χ2n) is 14.8. The Morgan fingerprint density at radius 2 is 0.847 bits per heavy atom. The van der Waals surface area contributed by atoms with Crippen LogP contribution in [0.15, 0.2) is 236 Å². The van der Waals surface area contributed by atoms with Gasteiger partial charge in [-0.05, 0) is 101 Å². The van der Waals surface area contributed by atoms with Gasteiger partial charge < -0.3 is 9.80 Å². The van der Waals surface area contributed by atoms with Crippen molar-refractivity contribution in [2.75, 3.05) is 14.8 Å². The molecule has 0 aliphatic carbocycles. The van der Waals surface area contributed by atoms with Crippen LogP contribution < -0.4 is 14.8 Å². The lowest BCUT2D eigenvalue weighted by atomic mass is 9.99. The van der Waals surface area contributed by atoms with E-state index in [1.165, 1.54) is 27.1 Å². The molecule has 282 valence electrons. The number of para-hydroxylation sites is 3.